The van der Waals surface area contributed by atoms with Gasteiger partial charge in [0.25, 0.3) is 11.5 Å². The summed E-state index contributed by atoms with van der Waals surface area (Å²) in [5.74, 6) is -0.488. The van der Waals surface area contributed by atoms with Crippen molar-refractivity contribution in [1.29, 1.82) is 0 Å². The molecule has 0 saturated heterocycles. The topological polar surface area (TPSA) is 110 Å². The Kier molecular flexibility index (Phi) is 7.18. The van der Waals surface area contributed by atoms with E-state index in [1.165, 1.54) is 16.6 Å². The fourth-order valence-corrected chi connectivity index (χ4v) is 3.53. The maximum absolute atomic E-state index is 13.4. The lowest BCUT2D eigenvalue weighted by molar-refractivity contribution is 0.0975. The third kappa shape index (κ3) is 5.40. The van der Waals surface area contributed by atoms with Crippen molar-refractivity contribution >= 4 is 17.4 Å². The molecule has 0 aliphatic rings. The molecule has 1 amide bonds. The van der Waals surface area contributed by atoms with Gasteiger partial charge in [-0.1, -0.05) is 63.2 Å². The predicted molar refractivity (Wildman–Crippen MR) is 130 cm³/mol. The number of nitrogens with two attached hydrogens (primary N) is 1. The number of aromatic nitrogens is 2. The standard InChI is InChI=1S/C25H30N4O4/c1-25(2,3)19-12-10-18(11-13-19)23(31)28(14-15-33-4)20-21(26)29(24(32)27-22(20)30)16-17-8-6-5-7-9-17/h5-13H,14-16,26H2,1-4H3,(H,27,30,32). The Morgan fingerprint density at radius 3 is 2.27 bits per heavy atom. The molecular formula is C25H30N4O4. The molecule has 0 radical (unpaired) electrons. The number of ether oxygens (including phenoxy) is 1. The third-order valence-corrected chi connectivity index (χ3v) is 5.43. The van der Waals surface area contributed by atoms with Gasteiger partial charge in [-0.3, -0.25) is 24.0 Å². The number of H-pyrrole nitrogens is 1. The molecule has 3 rings (SSSR count). The van der Waals surface area contributed by atoms with E-state index in [0.29, 0.717) is 5.56 Å². The van der Waals surface area contributed by atoms with E-state index in [9.17, 15) is 14.4 Å². The Morgan fingerprint density at radius 2 is 1.70 bits per heavy atom. The van der Waals surface area contributed by atoms with E-state index in [0.717, 1.165) is 11.1 Å². The largest absolute Gasteiger partial charge is 0.383 e. The first-order valence-corrected chi connectivity index (χ1v) is 10.7. The van der Waals surface area contributed by atoms with Crippen LogP contribution in [0, 0.1) is 0 Å². The second-order valence-corrected chi connectivity index (χ2v) is 8.84. The average molecular weight is 451 g/mol. The molecule has 0 bridgehead atoms. The van der Waals surface area contributed by atoms with Gasteiger partial charge in [0.05, 0.1) is 13.2 Å². The molecule has 1 heterocycles. The molecular weight excluding hydrogens is 420 g/mol. The maximum Gasteiger partial charge on any atom is 0.330 e. The molecule has 0 aliphatic heterocycles. The summed E-state index contributed by atoms with van der Waals surface area (Å²) in [7, 11) is 1.50. The van der Waals surface area contributed by atoms with E-state index in [1.807, 2.05) is 42.5 Å². The lowest BCUT2D eigenvalue weighted by Gasteiger charge is -2.25. The summed E-state index contributed by atoms with van der Waals surface area (Å²) in [6, 6.07) is 16.5. The zero-order valence-electron chi connectivity index (χ0n) is 19.4. The first-order valence-electron chi connectivity index (χ1n) is 10.7. The highest BCUT2D eigenvalue weighted by molar-refractivity contribution is 6.07. The van der Waals surface area contributed by atoms with Gasteiger partial charge in [0.15, 0.2) is 5.69 Å². The first kappa shape index (κ1) is 24.0. The van der Waals surface area contributed by atoms with Gasteiger partial charge >= 0.3 is 5.69 Å². The van der Waals surface area contributed by atoms with E-state index in [1.54, 1.807) is 12.1 Å². The van der Waals surface area contributed by atoms with Crippen molar-refractivity contribution in [3.63, 3.8) is 0 Å². The zero-order chi connectivity index (χ0) is 24.2. The second kappa shape index (κ2) is 9.87. The number of carbonyl (C=O) groups is 1. The second-order valence-electron chi connectivity index (χ2n) is 8.84. The summed E-state index contributed by atoms with van der Waals surface area (Å²) in [6.07, 6.45) is 0. The van der Waals surface area contributed by atoms with Crippen molar-refractivity contribution in [2.75, 3.05) is 30.9 Å². The van der Waals surface area contributed by atoms with Crippen LogP contribution >= 0.6 is 0 Å². The molecule has 0 aliphatic carbocycles. The van der Waals surface area contributed by atoms with Crippen LogP contribution in [0.1, 0.15) is 42.3 Å². The van der Waals surface area contributed by atoms with Crippen LogP contribution in [0.25, 0.3) is 0 Å². The summed E-state index contributed by atoms with van der Waals surface area (Å²) in [6.45, 7) is 6.69. The highest BCUT2D eigenvalue weighted by Crippen LogP contribution is 2.24. The first-order chi connectivity index (χ1) is 15.6. The molecule has 33 heavy (non-hydrogen) atoms. The normalized spacial score (nSPS) is 11.4. The number of aromatic amines is 1. The van der Waals surface area contributed by atoms with E-state index < -0.39 is 17.2 Å². The average Bonchev–Trinajstić information content (AvgIpc) is 2.78. The molecule has 2 aromatic carbocycles. The van der Waals surface area contributed by atoms with Crippen LogP contribution < -0.4 is 21.9 Å². The molecule has 0 atom stereocenters. The number of nitrogens with one attached hydrogen (secondary N) is 1. The molecule has 0 fully saturated rings. The number of nitrogens with zero attached hydrogens (tertiary/aromatic N) is 2. The van der Waals surface area contributed by atoms with E-state index in [4.69, 9.17) is 10.5 Å². The lowest BCUT2D eigenvalue weighted by atomic mass is 9.86. The number of rotatable bonds is 7. The van der Waals surface area contributed by atoms with Crippen LogP contribution in [-0.2, 0) is 16.7 Å². The molecule has 0 unspecified atom stereocenters. The molecule has 8 heteroatoms. The van der Waals surface area contributed by atoms with Gasteiger partial charge < -0.3 is 10.5 Å². The number of nitrogen functional groups attached to an aromatic ring is 1. The van der Waals surface area contributed by atoms with Crippen LogP contribution in [0.2, 0.25) is 0 Å². The van der Waals surface area contributed by atoms with Gasteiger partial charge in [-0.2, -0.15) is 0 Å². The lowest BCUT2D eigenvalue weighted by Crippen LogP contribution is -2.42. The monoisotopic (exact) mass is 450 g/mol. The number of benzene rings is 2. The summed E-state index contributed by atoms with van der Waals surface area (Å²) >= 11 is 0. The van der Waals surface area contributed by atoms with Gasteiger partial charge in [-0.25, -0.2) is 4.79 Å². The molecule has 174 valence electrons. The highest BCUT2D eigenvalue weighted by atomic mass is 16.5. The summed E-state index contributed by atoms with van der Waals surface area (Å²) < 4.78 is 6.41. The number of methoxy groups -OCH3 is 1. The molecule has 3 aromatic rings. The molecule has 8 nitrogen and oxygen atoms in total. The van der Waals surface area contributed by atoms with Crippen LogP contribution in [0.5, 0.6) is 0 Å². The quantitative estimate of drug-likeness (QED) is 0.575. The Labute approximate surface area is 192 Å². The molecule has 0 spiro atoms. The fourth-order valence-electron chi connectivity index (χ4n) is 3.53. The Hall–Kier alpha value is -3.65. The van der Waals surface area contributed by atoms with Crippen molar-refractivity contribution in [3.8, 4) is 0 Å². The van der Waals surface area contributed by atoms with E-state index in [2.05, 4.69) is 25.8 Å². The summed E-state index contributed by atoms with van der Waals surface area (Å²) in [5, 5.41) is 0. The number of hydrogen-bond donors (Lipinski definition) is 2. The minimum absolute atomic E-state index is 0.0637. The van der Waals surface area contributed by atoms with Gasteiger partial charge in [0, 0.05) is 19.2 Å². The number of carbonyl (C=O) groups excluding carboxylic acids is 1. The zero-order valence-corrected chi connectivity index (χ0v) is 19.4. The van der Waals surface area contributed by atoms with Gasteiger partial charge in [-0.15, -0.1) is 0 Å². The van der Waals surface area contributed by atoms with Crippen molar-refractivity contribution in [3.05, 3.63) is 92.1 Å². The number of amides is 1. The van der Waals surface area contributed by atoms with Gasteiger partial charge in [0.1, 0.15) is 5.82 Å². The molecule has 0 saturated carbocycles. The molecule has 3 N–H and O–H groups in total. The Balaban J connectivity index is 2.06. The van der Waals surface area contributed by atoms with Crippen LogP contribution in [-0.4, -0.2) is 35.7 Å². The van der Waals surface area contributed by atoms with Crippen LogP contribution in [0.4, 0.5) is 11.5 Å². The van der Waals surface area contributed by atoms with E-state index >= 15 is 0 Å². The third-order valence-electron chi connectivity index (χ3n) is 5.43. The highest BCUT2D eigenvalue weighted by Gasteiger charge is 2.25. The Morgan fingerprint density at radius 1 is 1.06 bits per heavy atom. The van der Waals surface area contributed by atoms with Crippen molar-refractivity contribution in [2.24, 2.45) is 0 Å². The summed E-state index contributed by atoms with van der Waals surface area (Å²) in [5.41, 5.74) is 7.12. The summed E-state index contributed by atoms with van der Waals surface area (Å²) in [4.78, 5) is 42.3. The van der Waals surface area contributed by atoms with Crippen LogP contribution in [0.3, 0.4) is 0 Å². The molecule has 1 aromatic heterocycles. The Bertz CT molecular complexity index is 1220. The smallest absolute Gasteiger partial charge is 0.330 e. The van der Waals surface area contributed by atoms with Gasteiger partial charge in [-0.05, 0) is 28.7 Å². The van der Waals surface area contributed by atoms with E-state index in [-0.39, 0.29) is 36.6 Å². The van der Waals surface area contributed by atoms with Crippen molar-refractivity contribution in [1.82, 2.24) is 9.55 Å². The number of hydrogen-bond acceptors (Lipinski definition) is 5. The SMILES string of the molecule is COCCN(C(=O)c1ccc(C(C)(C)C)cc1)c1c(N)n(Cc2ccccc2)c(=O)[nH]c1=O. The van der Waals surface area contributed by atoms with Crippen molar-refractivity contribution in [2.45, 2.75) is 32.7 Å². The fraction of sp³-hybridized carbons (Fsp3) is 0.320. The van der Waals surface area contributed by atoms with Crippen LogP contribution in [0.15, 0.2) is 64.2 Å². The predicted octanol–water partition coefficient (Wildman–Crippen LogP) is 2.76. The minimum Gasteiger partial charge on any atom is -0.383 e. The number of anilines is 2. The minimum atomic E-state index is -0.724. The maximum atomic E-state index is 13.4. The van der Waals surface area contributed by atoms with Crippen molar-refractivity contribution < 1.29 is 9.53 Å². The van der Waals surface area contributed by atoms with Gasteiger partial charge in [0.2, 0.25) is 0 Å².